The summed E-state index contributed by atoms with van der Waals surface area (Å²) in [6, 6.07) is 16.1. The molecule has 3 aromatic rings. The Balaban J connectivity index is 1.67. The standard InChI is InChI=1S/C28H26N2O6S/c1-16-7-8-17-9-19(16)14-30-15-24(36-23-5-3-4-6-25(23)37(30,34)35)22-11-18(21(17)12-26(31)32)10-20-13-29(2)28(33)27(20)22/h3-11,21,24H,12-15H2,1-2H3,(H,31,32)/t21?,24-/m0/s1. The second-order valence-electron chi connectivity index (χ2n) is 9.99. The van der Waals surface area contributed by atoms with Crippen LogP contribution in [0, 0.1) is 6.92 Å². The van der Waals surface area contributed by atoms with Crippen LogP contribution in [0.5, 0.6) is 5.75 Å². The topological polar surface area (TPSA) is 104 Å². The van der Waals surface area contributed by atoms with E-state index in [-0.39, 0.29) is 36.1 Å². The van der Waals surface area contributed by atoms with E-state index < -0.39 is 28.0 Å². The molecule has 1 N–H and O–H groups in total. The van der Waals surface area contributed by atoms with E-state index in [0.29, 0.717) is 17.7 Å². The highest BCUT2D eigenvalue weighted by Gasteiger charge is 2.40. The van der Waals surface area contributed by atoms with Crippen molar-refractivity contribution in [3.8, 4) is 5.75 Å². The van der Waals surface area contributed by atoms with E-state index in [2.05, 4.69) is 0 Å². The highest BCUT2D eigenvalue weighted by Crippen LogP contribution is 2.42. The highest BCUT2D eigenvalue weighted by atomic mass is 32.2. The van der Waals surface area contributed by atoms with Gasteiger partial charge in [0.05, 0.1) is 18.5 Å². The molecule has 6 rings (SSSR count). The molecule has 0 spiro atoms. The predicted octanol–water partition coefficient (Wildman–Crippen LogP) is 3.83. The lowest BCUT2D eigenvalue weighted by molar-refractivity contribution is -0.137. The van der Waals surface area contributed by atoms with E-state index in [4.69, 9.17) is 4.74 Å². The maximum atomic E-state index is 13.9. The second kappa shape index (κ2) is 8.43. The molecule has 0 saturated heterocycles. The molecule has 3 aliphatic heterocycles. The van der Waals surface area contributed by atoms with E-state index in [1.54, 1.807) is 30.1 Å². The molecule has 1 amide bonds. The quantitative estimate of drug-likeness (QED) is 0.553. The van der Waals surface area contributed by atoms with Crippen molar-refractivity contribution in [2.24, 2.45) is 0 Å². The lowest BCUT2D eigenvalue weighted by atomic mass is 9.84. The van der Waals surface area contributed by atoms with Gasteiger partial charge in [-0.2, -0.15) is 4.31 Å². The maximum Gasteiger partial charge on any atom is 0.304 e. The summed E-state index contributed by atoms with van der Waals surface area (Å²) in [6.45, 7) is 2.42. The van der Waals surface area contributed by atoms with E-state index in [9.17, 15) is 23.1 Å². The Labute approximate surface area is 215 Å². The zero-order chi connectivity index (χ0) is 26.1. The number of carboxylic acid groups (broad SMARTS) is 1. The molecule has 3 atom stereocenters. The zero-order valence-corrected chi connectivity index (χ0v) is 21.3. The van der Waals surface area contributed by atoms with Crippen LogP contribution in [0.3, 0.4) is 0 Å². The average molecular weight is 519 g/mol. The predicted molar refractivity (Wildman–Crippen MR) is 135 cm³/mol. The number of hydrogen-bond donors (Lipinski definition) is 1. The van der Waals surface area contributed by atoms with E-state index in [1.807, 2.05) is 37.3 Å². The summed E-state index contributed by atoms with van der Waals surface area (Å²) in [5, 5.41) is 9.79. The van der Waals surface area contributed by atoms with E-state index in [1.165, 1.54) is 10.4 Å². The van der Waals surface area contributed by atoms with Crippen LogP contribution in [0.15, 0.2) is 59.5 Å². The molecule has 0 aliphatic carbocycles. The van der Waals surface area contributed by atoms with E-state index >= 15 is 0 Å². The number of carbonyl (C=O) groups excluding carboxylic acids is 1. The van der Waals surface area contributed by atoms with Gasteiger partial charge < -0.3 is 14.7 Å². The van der Waals surface area contributed by atoms with Crippen molar-refractivity contribution in [1.82, 2.24) is 9.21 Å². The number of aryl methyl sites for hydroxylation is 1. The van der Waals surface area contributed by atoms with Gasteiger partial charge in [0.2, 0.25) is 10.0 Å². The third-order valence-electron chi connectivity index (χ3n) is 7.60. The second-order valence-corrected chi connectivity index (χ2v) is 11.9. The molecule has 3 aliphatic rings. The molecule has 6 bridgehead atoms. The zero-order valence-electron chi connectivity index (χ0n) is 20.5. The number of rotatable bonds is 2. The molecule has 0 saturated carbocycles. The highest BCUT2D eigenvalue weighted by molar-refractivity contribution is 7.89. The van der Waals surface area contributed by atoms with Crippen LogP contribution < -0.4 is 4.74 Å². The van der Waals surface area contributed by atoms with Crippen LogP contribution in [0.4, 0.5) is 0 Å². The summed E-state index contributed by atoms with van der Waals surface area (Å²) in [7, 11) is -2.20. The summed E-state index contributed by atoms with van der Waals surface area (Å²) in [6.07, 6.45) is -0.897. The number of carboxylic acids is 1. The lowest BCUT2D eigenvalue weighted by Gasteiger charge is -2.25. The van der Waals surface area contributed by atoms with Gasteiger partial charge in [0.1, 0.15) is 16.7 Å². The summed E-state index contributed by atoms with van der Waals surface area (Å²) in [5.74, 6) is -1.34. The number of amides is 1. The normalized spacial score (nSPS) is 23.2. The smallest absolute Gasteiger partial charge is 0.304 e. The third-order valence-corrected chi connectivity index (χ3v) is 9.45. The molecule has 3 aromatic carbocycles. The number of ether oxygens (including phenoxy) is 1. The first-order valence-electron chi connectivity index (χ1n) is 12.1. The van der Waals surface area contributed by atoms with Crippen molar-refractivity contribution in [2.75, 3.05) is 13.6 Å². The Bertz CT molecular complexity index is 1580. The lowest BCUT2D eigenvalue weighted by Crippen LogP contribution is -2.34. The van der Waals surface area contributed by atoms with Gasteiger partial charge in [-0.3, -0.25) is 9.59 Å². The Morgan fingerprint density at radius 2 is 1.81 bits per heavy atom. The molecule has 0 fully saturated rings. The van der Waals surface area contributed by atoms with Crippen molar-refractivity contribution in [3.05, 3.63) is 93.5 Å². The van der Waals surface area contributed by atoms with Crippen LogP contribution >= 0.6 is 0 Å². The molecule has 190 valence electrons. The van der Waals surface area contributed by atoms with Gasteiger partial charge in [-0.25, -0.2) is 8.42 Å². The molecule has 3 heterocycles. The first-order valence-corrected chi connectivity index (χ1v) is 13.6. The van der Waals surface area contributed by atoms with Gasteiger partial charge in [-0.05, 0) is 46.9 Å². The molecule has 9 heteroatoms. The number of nitrogens with zero attached hydrogens (tertiary/aromatic N) is 2. The molecule has 0 aromatic heterocycles. The Morgan fingerprint density at radius 1 is 1.05 bits per heavy atom. The fourth-order valence-corrected chi connectivity index (χ4v) is 7.21. The van der Waals surface area contributed by atoms with Crippen molar-refractivity contribution in [1.29, 1.82) is 0 Å². The largest absolute Gasteiger partial charge is 0.483 e. The molecule has 2 unspecified atom stereocenters. The first-order chi connectivity index (χ1) is 17.6. The number of sulfonamides is 1. The van der Waals surface area contributed by atoms with E-state index in [0.717, 1.165) is 27.8 Å². The average Bonchev–Trinajstić information content (AvgIpc) is 3.08. The van der Waals surface area contributed by atoms with Gasteiger partial charge in [-0.15, -0.1) is 0 Å². The number of benzene rings is 3. The summed E-state index contributed by atoms with van der Waals surface area (Å²) < 4.78 is 35.5. The van der Waals surface area contributed by atoms with Crippen LogP contribution in [0.25, 0.3) is 0 Å². The van der Waals surface area contributed by atoms with Gasteiger partial charge in [0.15, 0.2) is 0 Å². The van der Waals surface area contributed by atoms with Crippen LogP contribution in [-0.2, 0) is 27.9 Å². The number of hydrogen-bond acceptors (Lipinski definition) is 5. The summed E-state index contributed by atoms with van der Waals surface area (Å²) in [5.41, 5.74) is 5.15. The fraction of sp³-hybridized carbons (Fsp3) is 0.286. The number of carbonyl (C=O) groups is 2. The van der Waals surface area contributed by atoms with Gasteiger partial charge in [-0.1, -0.05) is 42.5 Å². The number of para-hydroxylation sites is 1. The van der Waals surface area contributed by atoms with Gasteiger partial charge in [0.25, 0.3) is 5.91 Å². The van der Waals surface area contributed by atoms with Crippen LogP contribution in [-0.4, -0.2) is 48.2 Å². The minimum absolute atomic E-state index is 0.0111. The molecule has 37 heavy (non-hydrogen) atoms. The monoisotopic (exact) mass is 518 g/mol. The van der Waals surface area contributed by atoms with Crippen molar-refractivity contribution < 1.29 is 27.9 Å². The summed E-state index contributed by atoms with van der Waals surface area (Å²) >= 11 is 0. The van der Waals surface area contributed by atoms with Crippen LogP contribution in [0.2, 0.25) is 0 Å². The SMILES string of the molecule is Cc1ccc2cc1CN1C[C@H](Oc3ccccc3S1(=O)=O)c1cc(cc3c1C(=O)N(C)C3)C2CC(=O)O. The maximum absolute atomic E-state index is 13.9. The Morgan fingerprint density at radius 3 is 2.59 bits per heavy atom. The third kappa shape index (κ3) is 3.81. The Kier molecular flexibility index (Phi) is 5.40. The number of aliphatic carboxylic acids is 1. The van der Waals surface area contributed by atoms with Crippen molar-refractivity contribution in [3.63, 3.8) is 0 Å². The van der Waals surface area contributed by atoms with Crippen LogP contribution in [0.1, 0.15) is 62.2 Å². The molecule has 8 nitrogen and oxygen atoms in total. The minimum atomic E-state index is -3.92. The molecular weight excluding hydrogens is 492 g/mol. The van der Waals surface area contributed by atoms with Crippen molar-refractivity contribution >= 4 is 21.9 Å². The first kappa shape index (κ1) is 23.7. The summed E-state index contributed by atoms with van der Waals surface area (Å²) in [4.78, 5) is 26.9. The Hall–Kier alpha value is -3.69. The van der Waals surface area contributed by atoms with Crippen molar-refractivity contribution in [2.45, 2.75) is 43.4 Å². The fourth-order valence-electron chi connectivity index (χ4n) is 5.67. The van der Waals surface area contributed by atoms with Gasteiger partial charge >= 0.3 is 5.97 Å². The molecule has 0 radical (unpaired) electrons. The minimum Gasteiger partial charge on any atom is -0.483 e. The van der Waals surface area contributed by atoms with Gasteiger partial charge in [0, 0.05) is 31.6 Å². The molecular formula is C28H26N2O6S. The number of fused-ring (bicyclic) bond motifs is 10.